The van der Waals surface area contributed by atoms with Crippen LogP contribution in [-0.2, 0) is 6.61 Å². The number of hydrogen-bond acceptors (Lipinski definition) is 6. The molecule has 0 spiro atoms. The van der Waals surface area contributed by atoms with E-state index >= 15 is 0 Å². The second-order valence-corrected chi connectivity index (χ2v) is 5.65. The van der Waals surface area contributed by atoms with Gasteiger partial charge >= 0.3 is 5.91 Å². The highest BCUT2D eigenvalue weighted by Crippen LogP contribution is 2.29. The predicted molar refractivity (Wildman–Crippen MR) is 104 cm³/mol. The molecule has 7 nitrogen and oxygen atoms in total. The summed E-state index contributed by atoms with van der Waals surface area (Å²) < 4.78 is 21.6. The summed E-state index contributed by atoms with van der Waals surface area (Å²) in [7, 11) is 3.09. The van der Waals surface area contributed by atoms with Gasteiger partial charge in [-0.05, 0) is 36.4 Å². The third-order valence-electron chi connectivity index (χ3n) is 3.81. The topological polar surface area (TPSA) is 82.3 Å². The smallest absolute Gasteiger partial charge is 0.307 e. The minimum atomic E-state index is -0.468. The van der Waals surface area contributed by atoms with Crippen LogP contribution in [0.5, 0.6) is 17.2 Å². The molecule has 3 rings (SSSR count). The van der Waals surface area contributed by atoms with Crippen LogP contribution in [0.4, 0.5) is 0 Å². The van der Waals surface area contributed by atoms with E-state index in [0.29, 0.717) is 22.8 Å². The average Bonchev–Trinajstić information content (AvgIpc) is 3.22. The molecule has 0 unspecified atom stereocenters. The van der Waals surface area contributed by atoms with Crippen molar-refractivity contribution in [2.45, 2.75) is 6.61 Å². The molecule has 0 saturated carbocycles. The van der Waals surface area contributed by atoms with Crippen LogP contribution in [-0.4, -0.2) is 26.3 Å². The number of hydrogen-bond donors (Lipinski definition) is 1. The van der Waals surface area contributed by atoms with Crippen LogP contribution in [0.25, 0.3) is 0 Å². The van der Waals surface area contributed by atoms with E-state index in [4.69, 9.17) is 18.6 Å². The van der Waals surface area contributed by atoms with Gasteiger partial charge in [0.1, 0.15) is 18.1 Å². The van der Waals surface area contributed by atoms with Crippen LogP contribution in [0.1, 0.15) is 21.9 Å². The van der Waals surface area contributed by atoms with Crippen molar-refractivity contribution in [3.8, 4) is 17.2 Å². The molecule has 1 aromatic heterocycles. The lowest BCUT2D eigenvalue weighted by molar-refractivity contribution is 0.0923. The fraction of sp³-hybridized carbons (Fsp3) is 0.143. The minimum absolute atomic E-state index is 0.140. The molecule has 0 atom stereocenters. The normalized spacial score (nSPS) is 10.6. The van der Waals surface area contributed by atoms with E-state index in [9.17, 15) is 4.79 Å². The molecule has 1 heterocycles. The number of ether oxygens (including phenoxy) is 3. The van der Waals surface area contributed by atoms with Crippen molar-refractivity contribution >= 4 is 12.1 Å². The summed E-state index contributed by atoms with van der Waals surface area (Å²) >= 11 is 0. The molecular formula is C21H20N2O5. The van der Waals surface area contributed by atoms with E-state index in [0.717, 1.165) is 5.75 Å². The summed E-state index contributed by atoms with van der Waals surface area (Å²) in [6.45, 7) is 0.224. The number of benzene rings is 2. The van der Waals surface area contributed by atoms with E-state index in [1.165, 1.54) is 13.3 Å². The van der Waals surface area contributed by atoms with Crippen LogP contribution in [0.3, 0.4) is 0 Å². The molecule has 0 bridgehead atoms. The Morgan fingerprint density at radius 1 is 1.04 bits per heavy atom. The van der Waals surface area contributed by atoms with Gasteiger partial charge in [-0.2, -0.15) is 5.10 Å². The number of rotatable bonds is 8. The number of furan rings is 1. The monoisotopic (exact) mass is 380 g/mol. The van der Waals surface area contributed by atoms with Crippen molar-refractivity contribution in [3.63, 3.8) is 0 Å². The zero-order valence-corrected chi connectivity index (χ0v) is 15.5. The highest BCUT2D eigenvalue weighted by Gasteiger charge is 2.11. The van der Waals surface area contributed by atoms with Crippen molar-refractivity contribution < 1.29 is 23.4 Å². The summed E-state index contributed by atoms with van der Waals surface area (Å²) in [6, 6.07) is 18.0. The van der Waals surface area contributed by atoms with Crippen molar-refractivity contribution in [2.24, 2.45) is 5.10 Å². The van der Waals surface area contributed by atoms with Crippen molar-refractivity contribution in [1.29, 1.82) is 0 Å². The van der Waals surface area contributed by atoms with Crippen LogP contribution < -0.4 is 19.6 Å². The van der Waals surface area contributed by atoms with Crippen LogP contribution in [0.15, 0.2) is 70.2 Å². The van der Waals surface area contributed by atoms with Gasteiger partial charge in [0.05, 0.1) is 20.4 Å². The van der Waals surface area contributed by atoms with Crippen molar-refractivity contribution in [2.75, 3.05) is 14.2 Å². The molecule has 0 radical (unpaired) electrons. The third-order valence-corrected chi connectivity index (χ3v) is 3.81. The van der Waals surface area contributed by atoms with Gasteiger partial charge in [-0.15, -0.1) is 0 Å². The predicted octanol–water partition coefficient (Wildman–Crippen LogP) is 3.64. The van der Waals surface area contributed by atoms with Gasteiger partial charge in [-0.1, -0.05) is 24.3 Å². The lowest BCUT2D eigenvalue weighted by atomic mass is 10.2. The fourth-order valence-electron chi connectivity index (χ4n) is 2.48. The van der Waals surface area contributed by atoms with E-state index in [1.54, 1.807) is 37.4 Å². The van der Waals surface area contributed by atoms with Gasteiger partial charge in [0.15, 0.2) is 17.3 Å². The Kier molecular flexibility index (Phi) is 6.30. The quantitative estimate of drug-likeness (QED) is 0.477. The first kappa shape index (κ1) is 19.0. The van der Waals surface area contributed by atoms with E-state index < -0.39 is 5.91 Å². The van der Waals surface area contributed by atoms with Gasteiger partial charge in [0.2, 0.25) is 0 Å². The molecule has 0 fully saturated rings. The maximum absolute atomic E-state index is 12.2. The molecule has 1 N–H and O–H groups in total. The number of carbonyl (C=O) groups is 1. The van der Waals surface area contributed by atoms with Crippen LogP contribution >= 0.6 is 0 Å². The summed E-state index contributed by atoms with van der Waals surface area (Å²) in [5, 5.41) is 3.95. The zero-order chi connectivity index (χ0) is 19.8. The first-order valence-electron chi connectivity index (χ1n) is 8.52. The van der Waals surface area contributed by atoms with Gasteiger partial charge < -0.3 is 18.6 Å². The lowest BCUT2D eigenvalue weighted by Gasteiger charge is -2.09. The standard InChI is InChI=1S/C21H20N2O5/c1-25-18-10-6-7-15(20(18)26-2)13-22-23-21(24)19-12-11-17(28-19)14-27-16-8-4-3-5-9-16/h3-13H,14H2,1-2H3,(H,23,24)/b22-13-. The van der Waals surface area contributed by atoms with Gasteiger partial charge in [0, 0.05) is 5.56 Å². The van der Waals surface area contributed by atoms with Gasteiger partial charge in [-0.25, -0.2) is 5.43 Å². The SMILES string of the molecule is COc1cccc(/C=N\NC(=O)c2ccc(COc3ccccc3)o2)c1OC. The number of carbonyl (C=O) groups excluding carboxylic acids is 1. The third kappa shape index (κ3) is 4.70. The second kappa shape index (κ2) is 9.27. The first-order valence-corrected chi connectivity index (χ1v) is 8.52. The molecule has 1 amide bonds. The Morgan fingerprint density at radius 2 is 1.86 bits per heavy atom. The first-order chi connectivity index (χ1) is 13.7. The van der Waals surface area contributed by atoms with Crippen molar-refractivity contribution in [1.82, 2.24) is 5.43 Å². The molecule has 0 aliphatic heterocycles. The number of hydrazone groups is 1. The molecule has 0 saturated heterocycles. The summed E-state index contributed by atoms with van der Waals surface area (Å²) in [6.07, 6.45) is 1.47. The van der Waals surface area contributed by atoms with Crippen LogP contribution in [0, 0.1) is 0 Å². The number of nitrogens with one attached hydrogen (secondary N) is 1. The van der Waals surface area contributed by atoms with Crippen LogP contribution in [0.2, 0.25) is 0 Å². The van der Waals surface area contributed by atoms with Crippen molar-refractivity contribution in [3.05, 3.63) is 77.7 Å². The Balaban J connectivity index is 1.58. The summed E-state index contributed by atoms with van der Waals surface area (Å²) in [5.74, 6) is 2.04. The lowest BCUT2D eigenvalue weighted by Crippen LogP contribution is -2.16. The number of para-hydroxylation sites is 2. The molecule has 7 heteroatoms. The maximum atomic E-state index is 12.2. The Hall–Kier alpha value is -3.74. The Morgan fingerprint density at radius 3 is 2.61 bits per heavy atom. The number of methoxy groups -OCH3 is 2. The number of amides is 1. The molecule has 3 aromatic rings. The summed E-state index contributed by atoms with van der Waals surface area (Å²) in [5.41, 5.74) is 3.09. The highest BCUT2D eigenvalue weighted by atomic mass is 16.5. The number of nitrogens with zero attached hydrogens (tertiary/aromatic N) is 1. The van der Waals surface area contributed by atoms with E-state index in [-0.39, 0.29) is 12.4 Å². The Labute approximate surface area is 162 Å². The van der Waals surface area contributed by atoms with E-state index in [1.807, 2.05) is 30.3 Å². The summed E-state index contributed by atoms with van der Waals surface area (Å²) in [4.78, 5) is 12.2. The Bertz CT molecular complexity index is 950. The molecule has 28 heavy (non-hydrogen) atoms. The molecule has 144 valence electrons. The average molecular weight is 380 g/mol. The highest BCUT2D eigenvalue weighted by molar-refractivity contribution is 5.93. The molecule has 0 aliphatic rings. The fourth-order valence-corrected chi connectivity index (χ4v) is 2.48. The molecule has 0 aliphatic carbocycles. The second-order valence-electron chi connectivity index (χ2n) is 5.65. The van der Waals surface area contributed by atoms with E-state index in [2.05, 4.69) is 10.5 Å². The molecule has 2 aromatic carbocycles. The zero-order valence-electron chi connectivity index (χ0n) is 15.5. The molecular weight excluding hydrogens is 360 g/mol. The van der Waals surface area contributed by atoms with Gasteiger partial charge in [0.25, 0.3) is 0 Å². The largest absolute Gasteiger partial charge is 0.493 e. The maximum Gasteiger partial charge on any atom is 0.307 e. The van der Waals surface area contributed by atoms with Gasteiger partial charge in [-0.3, -0.25) is 4.79 Å². The minimum Gasteiger partial charge on any atom is -0.493 e.